The van der Waals surface area contributed by atoms with E-state index < -0.39 is 33.3 Å². The SMILES string of the molecule is C[n+]1ccc2c(c1)C(C)(C)/C(=C/C=C/C=C/C1=[N+](CCCCCC(=O)ON3C(=O)CCC3=O)c3ccc(S(=O)(=O)O)cc3C1(C)C)N2. The molecule has 0 unspecified atom stereocenters. The molecule has 2 amide bonds. The van der Waals surface area contributed by atoms with Gasteiger partial charge in [-0.1, -0.05) is 18.2 Å². The largest absolute Gasteiger partial charge is 0.358 e. The highest BCUT2D eigenvalue weighted by Crippen LogP contribution is 2.43. The van der Waals surface area contributed by atoms with Crippen molar-refractivity contribution in [2.24, 2.45) is 7.05 Å². The molecule has 0 aliphatic carbocycles. The molecule has 47 heavy (non-hydrogen) atoms. The zero-order valence-corrected chi connectivity index (χ0v) is 28.3. The Hall–Kier alpha value is -4.42. The van der Waals surface area contributed by atoms with Crippen molar-refractivity contribution in [3.8, 4) is 0 Å². The van der Waals surface area contributed by atoms with E-state index in [4.69, 9.17) is 4.84 Å². The third kappa shape index (κ3) is 6.98. The smallest absolute Gasteiger partial charge is 0.333 e. The maximum absolute atomic E-state index is 12.2. The highest BCUT2D eigenvalue weighted by atomic mass is 32.2. The Morgan fingerprint density at radius 1 is 1.00 bits per heavy atom. The number of imide groups is 1. The van der Waals surface area contributed by atoms with Gasteiger partial charge in [-0.05, 0) is 58.7 Å². The van der Waals surface area contributed by atoms with Gasteiger partial charge in [0.2, 0.25) is 5.69 Å². The molecule has 248 valence electrons. The van der Waals surface area contributed by atoms with E-state index >= 15 is 0 Å². The molecule has 1 aromatic heterocycles. The van der Waals surface area contributed by atoms with Crippen molar-refractivity contribution in [1.29, 1.82) is 0 Å². The van der Waals surface area contributed by atoms with Crippen LogP contribution in [0.15, 0.2) is 77.6 Å². The summed E-state index contributed by atoms with van der Waals surface area (Å²) in [6, 6.07) is 6.72. The third-order valence-electron chi connectivity index (χ3n) is 9.08. The lowest BCUT2D eigenvalue weighted by atomic mass is 9.81. The van der Waals surface area contributed by atoms with E-state index in [0.29, 0.717) is 30.9 Å². The summed E-state index contributed by atoms with van der Waals surface area (Å²) in [7, 11) is -2.37. The topological polar surface area (TPSA) is 137 Å². The first-order valence-corrected chi connectivity index (χ1v) is 17.2. The molecule has 5 rings (SSSR count). The van der Waals surface area contributed by atoms with E-state index in [0.717, 1.165) is 28.3 Å². The van der Waals surface area contributed by atoms with Crippen LogP contribution in [0.25, 0.3) is 0 Å². The van der Waals surface area contributed by atoms with Crippen LogP contribution in [0.4, 0.5) is 11.4 Å². The molecule has 4 heterocycles. The number of carbonyl (C=O) groups is 3. The number of hydrogen-bond donors (Lipinski definition) is 2. The number of nitrogens with one attached hydrogen (secondary N) is 1. The van der Waals surface area contributed by atoms with Crippen LogP contribution in [0, 0.1) is 0 Å². The van der Waals surface area contributed by atoms with Crippen LogP contribution < -0.4 is 9.88 Å². The van der Waals surface area contributed by atoms with Crippen LogP contribution in [-0.4, -0.2) is 52.6 Å². The number of hydroxylamine groups is 2. The molecule has 0 atom stereocenters. The fourth-order valence-corrected chi connectivity index (χ4v) is 6.85. The van der Waals surface area contributed by atoms with Gasteiger partial charge >= 0.3 is 5.97 Å². The monoisotopic (exact) mass is 662 g/mol. The van der Waals surface area contributed by atoms with Crippen molar-refractivity contribution in [2.45, 2.75) is 81.9 Å². The fraction of sp³-hybridized carbons (Fsp3) is 0.400. The lowest BCUT2D eigenvalue weighted by Crippen LogP contribution is -2.31. The van der Waals surface area contributed by atoms with Crippen molar-refractivity contribution in [3.05, 3.63) is 83.9 Å². The minimum absolute atomic E-state index is 0.0511. The van der Waals surface area contributed by atoms with E-state index in [2.05, 4.69) is 42.1 Å². The number of aryl methyl sites for hydroxylation is 1. The first-order valence-electron chi connectivity index (χ1n) is 15.8. The average molecular weight is 663 g/mol. The molecular weight excluding hydrogens is 620 g/mol. The minimum atomic E-state index is -4.38. The molecule has 11 nitrogen and oxygen atoms in total. The van der Waals surface area contributed by atoms with Crippen LogP contribution in [-0.2, 0) is 47.2 Å². The summed E-state index contributed by atoms with van der Waals surface area (Å²) in [5.41, 5.74) is 5.27. The molecule has 1 saturated heterocycles. The van der Waals surface area contributed by atoms with Gasteiger partial charge in [-0.15, -0.1) is 5.06 Å². The van der Waals surface area contributed by atoms with Crippen LogP contribution in [0.3, 0.4) is 0 Å². The fourth-order valence-electron chi connectivity index (χ4n) is 6.34. The Labute approximate surface area is 275 Å². The zero-order chi connectivity index (χ0) is 34.1. The van der Waals surface area contributed by atoms with Gasteiger partial charge < -0.3 is 10.2 Å². The Balaban J connectivity index is 1.30. The molecule has 2 aromatic rings. The number of rotatable bonds is 11. The number of unbranched alkanes of at least 4 members (excludes halogenated alkanes) is 2. The van der Waals surface area contributed by atoms with Crippen LogP contribution in [0.1, 0.15) is 77.3 Å². The molecule has 0 radical (unpaired) electrons. The van der Waals surface area contributed by atoms with Crippen LogP contribution in [0.5, 0.6) is 0 Å². The Kier molecular flexibility index (Phi) is 9.38. The molecule has 3 aliphatic rings. The van der Waals surface area contributed by atoms with E-state index in [1.54, 1.807) is 6.07 Å². The number of allylic oxidation sites excluding steroid dienone is 6. The molecular formula is C35H42N4O7S+2. The quantitative estimate of drug-likeness (QED) is 0.116. The van der Waals surface area contributed by atoms with Crippen LogP contribution in [0.2, 0.25) is 0 Å². The molecule has 0 saturated carbocycles. The molecule has 12 heteroatoms. The van der Waals surface area contributed by atoms with E-state index in [-0.39, 0.29) is 29.6 Å². The predicted octanol–water partition coefficient (Wildman–Crippen LogP) is 4.70. The van der Waals surface area contributed by atoms with Gasteiger partial charge in [0, 0.05) is 60.6 Å². The standard InChI is InChI=1S/C35H40N4O7S/c1-34(2)26-23-37(5)21-19-27(26)36-29(34)12-8-6-9-13-30-35(3,4)25-22-24(47(43,44)45)15-16-28(25)38(30)20-11-7-10-14-33(42)46-39-31(40)17-18-32(39)41/h6,8-9,12-13,15-16,19,21-23H,7,10-11,14,17-18,20H2,1-5H3/p+2. The van der Waals surface area contributed by atoms with Gasteiger partial charge in [-0.2, -0.15) is 13.0 Å². The van der Waals surface area contributed by atoms with E-state index in [1.807, 2.05) is 56.0 Å². The van der Waals surface area contributed by atoms with Crippen molar-refractivity contribution in [1.82, 2.24) is 5.06 Å². The second-order valence-corrected chi connectivity index (χ2v) is 14.6. The van der Waals surface area contributed by atoms with Crippen LogP contribution >= 0.6 is 0 Å². The number of amides is 2. The summed E-state index contributed by atoms with van der Waals surface area (Å²) in [6.45, 7) is 9.01. The summed E-state index contributed by atoms with van der Waals surface area (Å²) in [5, 5.41) is 4.09. The molecule has 1 aromatic carbocycles. The summed E-state index contributed by atoms with van der Waals surface area (Å²) in [5.74, 6) is -1.63. The second kappa shape index (κ2) is 13.0. The lowest BCUT2D eigenvalue weighted by molar-refractivity contribution is -0.671. The summed E-state index contributed by atoms with van der Waals surface area (Å²) in [6.07, 6.45) is 16.2. The number of anilines is 1. The maximum atomic E-state index is 12.2. The molecule has 3 aliphatic heterocycles. The van der Waals surface area contributed by atoms with Crippen molar-refractivity contribution in [2.75, 3.05) is 11.9 Å². The first kappa shape index (κ1) is 33.9. The Morgan fingerprint density at radius 3 is 2.43 bits per heavy atom. The van der Waals surface area contributed by atoms with Crippen molar-refractivity contribution < 1.29 is 41.3 Å². The van der Waals surface area contributed by atoms with Gasteiger partial charge in [0.25, 0.3) is 21.9 Å². The lowest BCUT2D eigenvalue weighted by Gasteiger charge is -2.18. The number of carbonyl (C=O) groups excluding carboxylic acids is 3. The number of aromatic nitrogens is 1. The van der Waals surface area contributed by atoms with Crippen molar-refractivity contribution >= 4 is 45.0 Å². The number of pyridine rings is 1. The highest BCUT2D eigenvalue weighted by Gasteiger charge is 2.45. The number of hydrogen-bond acceptors (Lipinski definition) is 7. The minimum Gasteiger partial charge on any atom is -0.358 e. The summed E-state index contributed by atoms with van der Waals surface area (Å²) >= 11 is 0. The van der Waals surface area contributed by atoms with Gasteiger partial charge in [-0.3, -0.25) is 14.1 Å². The van der Waals surface area contributed by atoms with Gasteiger partial charge in [-0.25, -0.2) is 9.36 Å². The summed E-state index contributed by atoms with van der Waals surface area (Å²) in [4.78, 5) is 40.4. The average Bonchev–Trinajstić information content (AvgIpc) is 3.53. The van der Waals surface area contributed by atoms with E-state index in [9.17, 15) is 27.4 Å². The molecule has 0 bridgehead atoms. The van der Waals surface area contributed by atoms with Gasteiger partial charge in [0.1, 0.15) is 13.6 Å². The maximum Gasteiger partial charge on any atom is 0.333 e. The molecule has 1 fully saturated rings. The normalized spacial score (nSPS) is 19.3. The van der Waals surface area contributed by atoms with E-state index in [1.165, 1.54) is 17.7 Å². The predicted molar refractivity (Wildman–Crippen MR) is 175 cm³/mol. The van der Waals surface area contributed by atoms with Crippen molar-refractivity contribution in [3.63, 3.8) is 0 Å². The highest BCUT2D eigenvalue weighted by molar-refractivity contribution is 7.85. The zero-order valence-electron chi connectivity index (χ0n) is 27.4. The van der Waals surface area contributed by atoms with Gasteiger partial charge in [0.05, 0.1) is 21.6 Å². The third-order valence-corrected chi connectivity index (χ3v) is 9.93. The molecule has 2 N–H and O–H groups in total. The number of nitrogens with zero attached hydrogens (tertiary/aromatic N) is 3. The Bertz CT molecular complexity index is 1850. The molecule has 0 spiro atoms. The first-order chi connectivity index (χ1) is 22.1. The Morgan fingerprint density at radius 2 is 1.72 bits per heavy atom. The number of fused-ring (bicyclic) bond motifs is 2. The number of benzene rings is 1. The summed E-state index contributed by atoms with van der Waals surface area (Å²) < 4.78 is 37.8. The second-order valence-electron chi connectivity index (χ2n) is 13.2. The van der Waals surface area contributed by atoms with Gasteiger partial charge in [0.15, 0.2) is 18.1 Å².